The van der Waals surface area contributed by atoms with Gasteiger partial charge in [0.1, 0.15) is 0 Å². The second kappa shape index (κ2) is 7.26. The molecule has 0 heterocycles. The van der Waals surface area contributed by atoms with E-state index in [9.17, 15) is 9.32 Å². The largest absolute Gasteiger partial charge is 0.387 e. The average Bonchev–Trinajstić information content (AvgIpc) is 2.25. The van der Waals surface area contributed by atoms with Gasteiger partial charge in [0.05, 0.1) is 6.10 Å². The molecule has 0 spiro atoms. The molecule has 3 unspecified atom stereocenters. The summed E-state index contributed by atoms with van der Waals surface area (Å²) in [5, 5.41) is 13.1. The second-order valence-corrected chi connectivity index (χ2v) is 6.52. The SMILES string of the molecule is CC(CS(C)=O)NCC(O)c1cccc(Br)c1. The Morgan fingerprint density at radius 2 is 2.24 bits per heavy atom. The number of rotatable bonds is 6. The van der Waals surface area contributed by atoms with E-state index in [0.29, 0.717) is 12.3 Å². The molecule has 0 aliphatic carbocycles. The Balaban J connectivity index is 2.44. The maximum atomic E-state index is 11.0. The van der Waals surface area contributed by atoms with Gasteiger partial charge in [0.15, 0.2) is 0 Å². The predicted molar refractivity (Wildman–Crippen MR) is 75.5 cm³/mol. The molecule has 0 bridgehead atoms. The Labute approximate surface area is 113 Å². The van der Waals surface area contributed by atoms with Crippen LogP contribution in [0.25, 0.3) is 0 Å². The molecule has 0 aromatic heterocycles. The van der Waals surface area contributed by atoms with Crippen LogP contribution in [-0.4, -0.2) is 33.9 Å². The van der Waals surface area contributed by atoms with Crippen LogP contribution in [0.15, 0.2) is 28.7 Å². The summed E-state index contributed by atoms with van der Waals surface area (Å²) in [6.45, 7) is 2.43. The lowest BCUT2D eigenvalue weighted by Crippen LogP contribution is -2.34. The van der Waals surface area contributed by atoms with Gasteiger partial charge in [-0.2, -0.15) is 0 Å². The van der Waals surface area contributed by atoms with E-state index in [2.05, 4.69) is 21.2 Å². The number of nitrogens with one attached hydrogen (secondary N) is 1. The van der Waals surface area contributed by atoms with Crippen LogP contribution in [0, 0.1) is 0 Å². The molecule has 3 atom stereocenters. The molecule has 0 aliphatic heterocycles. The van der Waals surface area contributed by atoms with E-state index < -0.39 is 16.9 Å². The zero-order chi connectivity index (χ0) is 12.8. The van der Waals surface area contributed by atoms with Crippen molar-refractivity contribution in [2.24, 2.45) is 0 Å². The number of aliphatic hydroxyl groups excluding tert-OH is 1. The molecule has 5 heteroatoms. The van der Waals surface area contributed by atoms with Crippen LogP contribution in [-0.2, 0) is 10.8 Å². The summed E-state index contributed by atoms with van der Waals surface area (Å²) in [5.41, 5.74) is 0.872. The van der Waals surface area contributed by atoms with Gasteiger partial charge in [-0.25, -0.2) is 0 Å². The van der Waals surface area contributed by atoms with Crippen molar-refractivity contribution in [1.29, 1.82) is 0 Å². The lowest BCUT2D eigenvalue weighted by Gasteiger charge is -2.16. The molecule has 1 aromatic rings. The quantitative estimate of drug-likeness (QED) is 0.841. The molecule has 1 aromatic carbocycles. The van der Waals surface area contributed by atoms with Crippen molar-refractivity contribution >= 4 is 26.7 Å². The highest BCUT2D eigenvalue weighted by Gasteiger charge is 2.10. The van der Waals surface area contributed by atoms with Crippen molar-refractivity contribution in [3.8, 4) is 0 Å². The van der Waals surface area contributed by atoms with Crippen molar-refractivity contribution in [2.75, 3.05) is 18.6 Å². The van der Waals surface area contributed by atoms with Crippen molar-refractivity contribution in [3.63, 3.8) is 0 Å². The number of halogens is 1. The van der Waals surface area contributed by atoms with Crippen LogP contribution in [0.2, 0.25) is 0 Å². The van der Waals surface area contributed by atoms with Crippen LogP contribution < -0.4 is 5.32 Å². The van der Waals surface area contributed by atoms with Crippen LogP contribution in [0.1, 0.15) is 18.6 Å². The summed E-state index contributed by atoms with van der Waals surface area (Å²) >= 11 is 3.37. The van der Waals surface area contributed by atoms with Crippen molar-refractivity contribution in [3.05, 3.63) is 34.3 Å². The zero-order valence-electron chi connectivity index (χ0n) is 10.0. The Hall–Kier alpha value is -0.230. The third-order valence-corrected chi connectivity index (χ3v) is 3.84. The lowest BCUT2D eigenvalue weighted by atomic mass is 10.1. The molecule has 1 rings (SSSR count). The molecule has 17 heavy (non-hydrogen) atoms. The molecule has 0 fully saturated rings. The molecule has 0 amide bonds. The summed E-state index contributed by atoms with van der Waals surface area (Å²) in [7, 11) is -0.810. The van der Waals surface area contributed by atoms with E-state index in [0.717, 1.165) is 10.0 Å². The van der Waals surface area contributed by atoms with Gasteiger partial charge in [-0.3, -0.25) is 4.21 Å². The minimum Gasteiger partial charge on any atom is -0.387 e. The highest BCUT2D eigenvalue weighted by Crippen LogP contribution is 2.17. The van der Waals surface area contributed by atoms with E-state index >= 15 is 0 Å². The minimum atomic E-state index is -0.810. The van der Waals surface area contributed by atoms with Crippen LogP contribution in [0.4, 0.5) is 0 Å². The molecule has 96 valence electrons. The van der Waals surface area contributed by atoms with Crippen LogP contribution in [0.5, 0.6) is 0 Å². The van der Waals surface area contributed by atoms with Gasteiger partial charge in [-0.05, 0) is 24.6 Å². The maximum Gasteiger partial charge on any atom is 0.0914 e. The first-order valence-corrected chi connectivity index (χ1v) is 7.98. The van der Waals surface area contributed by atoms with Crippen LogP contribution >= 0.6 is 15.9 Å². The first-order valence-electron chi connectivity index (χ1n) is 5.46. The third kappa shape index (κ3) is 5.77. The second-order valence-electron chi connectivity index (χ2n) is 4.12. The number of hydrogen-bond acceptors (Lipinski definition) is 3. The first-order chi connectivity index (χ1) is 7.99. The Kier molecular flexibility index (Phi) is 6.33. The van der Waals surface area contributed by atoms with E-state index in [1.165, 1.54) is 0 Å². The minimum absolute atomic E-state index is 0.141. The Morgan fingerprint density at radius 1 is 1.53 bits per heavy atom. The Bertz CT molecular complexity index is 387. The van der Waals surface area contributed by atoms with Crippen molar-refractivity contribution in [1.82, 2.24) is 5.32 Å². The summed E-state index contributed by atoms with van der Waals surface area (Å²) < 4.78 is 12.0. The summed E-state index contributed by atoms with van der Waals surface area (Å²) in [6.07, 6.45) is 1.14. The standard InChI is InChI=1S/C12H18BrNO2S/c1-9(8-17(2)16)14-7-12(15)10-4-3-5-11(13)6-10/h3-6,9,12,14-15H,7-8H2,1-2H3. The smallest absolute Gasteiger partial charge is 0.0914 e. The predicted octanol–water partition coefficient (Wildman–Crippen LogP) is 1.84. The van der Waals surface area contributed by atoms with Crippen molar-refractivity contribution in [2.45, 2.75) is 19.1 Å². The number of hydrogen-bond donors (Lipinski definition) is 2. The fraction of sp³-hybridized carbons (Fsp3) is 0.500. The van der Waals surface area contributed by atoms with Gasteiger partial charge in [-0.1, -0.05) is 28.1 Å². The van der Waals surface area contributed by atoms with Gasteiger partial charge in [0.2, 0.25) is 0 Å². The highest BCUT2D eigenvalue weighted by molar-refractivity contribution is 9.10. The normalized spacial score (nSPS) is 16.5. The fourth-order valence-electron chi connectivity index (χ4n) is 1.56. The molecule has 0 saturated carbocycles. The van der Waals surface area contributed by atoms with E-state index in [1.54, 1.807) is 6.26 Å². The number of benzene rings is 1. The van der Waals surface area contributed by atoms with Gasteiger partial charge >= 0.3 is 0 Å². The van der Waals surface area contributed by atoms with Gasteiger partial charge in [-0.15, -0.1) is 0 Å². The van der Waals surface area contributed by atoms with Gasteiger partial charge < -0.3 is 10.4 Å². The Morgan fingerprint density at radius 3 is 2.82 bits per heavy atom. The van der Waals surface area contributed by atoms with E-state index in [1.807, 2.05) is 31.2 Å². The molecular formula is C12H18BrNO2S. The molecule has 3 nitrogen and oxygen atoms in total. The zero-order valence-corrected chi connectivity index (χ0v) is 12.4. The average molecular weight is 320 g/mol. The van der Waals surface area contributed by atoms with E-state index in [-0.39, 0.29) is 6.04 Å². The van der Waals surface area contributed by atoms with Gasteiger partial charge in [0, 0.05) is 39.9 Å². The molecule has 0 radical (unpaired) electrons. The van der Waals surface area contributed by atoms with E-state index in [4.69, 9.17) is 0 Å². The first kappa shape index (κ1) is 14.8. The molecule has 0 saturated heterocycles. The third-order valence-electron chi connectivity index (χ3n) is 2.38. The fourth-order valence-corrected chi connectivity index (χ4v) is 2.79. The molecule has 2 N–H and O–H groups in total. The molecular weight excluding hydrogens is 302 g/mol. The highest BCUT2D eigenvalue weighted by atomic mass is 79.9. The maximum absolute atomic E-state index is 11.0. The summed E-state index contributed by atoms with van der Waals surface area (Å²) in [5.74, 6) is 0.602. The molecule has 0 aliphatic rings. The monoisotopic (exact) mass is 319 g/mol. The topological polar surface area (TPSA) is 49.3 Å². The van der Waals surface area contributed by atoms with Crippen LogP contribution in [0.3, 0.4) is 0 Å². The lowest BCUT2D eigenvalue weighted by molar-refractivity contribution is 0.172. The van der Waals surface area contributed by atoms with Crippen molar-refractivity contribution < 1.29 is 9.32 Å². The van der Waals surface area contributed by atoms with Gasteiger partial charge in [0.25, 0.3) is 0 Å². The number of aliphatic hydroxyl groups is 1. The summed E-state index contributed by atoms with van der Waals surface area (Å²) in [4.78, 5) is 0. The summed E-state index contributed by atoms with van der Waals surface area (Å²) in [6, 6.07) is 7.75.